The molecule has 0 aliphatic carbocycles. The third-order valence-corrected chi connectivity index (χ3v) is 3.19. The molecule has 2 rings (SSSR count). The van der Waals surface area contributed by atoms with Gasteiger partial charge >= 0.3 is 0 Å². The number of halogens is 4. The van der Waals surface area contributed by atoms with E-state index in [1.807, 2.05) is 30.3 Å². The van der Waals surface area contributed by atoms with Crippen molar-refractivity contribution < 1.29 is 0 Å². The predicted molar refractivity (Wildman–Crippen MR) is 68.2 cm³/mol. The largest absolute Gasteiger partial charge is 0.217 e. The van der Waals surface area contributed by atoms with Gasteiger partial charge in [0.1, 0.15) is 0 Å². The van der Waals surface area contributed by atoms with Crippen LogP contribution in [0.5, 0.6) is 0 Å². The fraction of sp³-hybridized carbons (Fsp3) is 0.0909. The molecule has 0 nitrogen and oxygen atoms in total. The molecule has 0 saturated heterocycles. The van der Waals surface area contributed by atoms with Crippen molar-refractivity contribution in [2.75, 3.05) is 0 Å². The highest BCUT2D eigenvalue weighted by atomic mass is 35.6. The standard InChI is InChI=1S/C11H6Cl4/c12-10-8-4-2-1-3-7(8)5-6-9(10)11(13,14)15/h1-6H. The molecule has 78 valence electrons. The molecule has 0 saturated carbocycles. The van der Waals surface area contributed by atoms with Gasteiger partial charge in [-0.2, -0.15) is 0 Å². The topological polar surface area (TPSA) is 0 Å². The fourth-order valence-electron chi connectivity index (χ4n) is 1.45. The highest BCUT2D eigenvalue weighted by Gasteiger charge is 2.26. The van der Waals surface area contributed by atoms with E-state index in [-0.39, 0.29) is 0 Å². The smallest absolute Gasteiger partial charge is 0.0832 e. The van der Waals surface area contributed by atoms with Gasteiger partial charge in [-0.25, -0.2) is 0 Å². The van der Waals surface area contributed by atoms with Crippen LogP contribution in [0.1, 0.15) is 5.56 Å². The number of hydrogen-bond donors (Lipinski definition) is 0. The molecule has 0 heterocycles. The first kappa shape index (κ1) is 11.3. The lowest BCUT2D eigenvalue weighted by atomic mass is 10.1. The Morgan fingerprint density at radius 1 is 0.867 bits per heavy atom. The predicted octanol–water partition coefficient (Wildman–Crippen LogP) is 5.32. The molecule has 0 aromatic heterocycles. The quantitative estimate of drug-likeness (QED) is 0.573. The average molecular weight is 280 g/mol. The highest BCUT2D eigenvalue weighted by molar-refractivity contribution is 6.67. The van der Waals surface area contributed by atoms with Gasteiger partial charge in [-0.05, 0) is 5.39 Å². The second-order valence-corrected chi connectivity index (χ2v) is 5.81. The molecular formula is C11H6Cl4. The van der Waals surface area contributed by atoms with Gasteiger partial charge in [-0.3, -0.25) is 0 Å². The normalized spacial score (nSPS) is 12.0. The Labute approximate surface area is 108 Å². The van der Waals surface area contributed by atoms with Gasteiger partial charge in [0.15, 0.2) is 0 Å². The van der Waals surface area contributed by atoms with Crippen LogP contribution >= 0.6 is 46.4 Å². The average Bonchev–Trinajstić information content (AvgIpc) is 2.16. The molecule has 0 N–H and O–H groups in total. The zero-order valence-electron chi connectivity index (χ0n) is 7.48. The molecule has 0 bridgehead atoms. The van der Waals surface area contributed by atoms with Crippen molar-refractivity contribution in [3.05, 3.63) is 47.0 Å². The minimum Gasteiger partial charge on any atom is -0.0832 e. The van der Waals surface area contributed by atoms with Crippen LogP contribution in [0.2, 0.25) is 5.02 Å². The minimum absolute atomic E-state index is 0.494. The number of rotatable bonds is 0. The summed E-state index contributed by atoms with van der Waals surface area (Å²) in [6.45, 7) is 0. The van der Waals surface area contributed by atoms with Crippen molar-refractivity contribution in [3.63, 3.8) is 0 Å². The number of fused-ring (bicyclic) bond motifs is 1. The van der Waals surface area contributed by atoms with Crippen LogP contribution < -0.4 is 0 Å². The lowest BCUT2D eigenvalue weighted by Gasteiger charge is -2.14. The van der Waals surface area contributed by atoms with Gasteiger partial charge in [0.2, 0.25) is 3.79 Å². The third kappa shape index (κ3) is 2.19. The monoisotopic (exact) mass is 278 g/mol. The molecule has 2 aromatic carbocycles. The van der Waals surface area contributed by atoms with Gasteiger partial charge in [0.05, 0.1) is 5.02 Å². The van der Waals surface area contributed by atoms with Crippen molar-refractivity contribution in [3.8, 4) is 0 Å². The Balaban J connectivity index is 2.76. The van der Waals surface area contributed by atoms with Crippen molar-refractivity contribution in [1.29, 1.82) is 0 Å². The Morgan fingerprint density at radius 2 is 1.53 bits per heavy atom. The summed E-state index contributed by atoms with van der Waals surface area (Å²) >= 11 is 23.6. The van der Waals surface area contributed by atoms with Crippen LogP contribution in [-0.4, -0.2) is 0 Å². The molecule has 0 unspecified atom stereocenters. The molecule has 0 aliphatic rings. The maximum Gasteiger partial charge on any atom is 0.217 e. The second kappa shape index (κ2) is 4.03. The van der Waals surface area contributed by atoms with E-state index >= 15 is 0 Å². The van der Waals surface area contributed by atoms with Gasteiger partial charge in [0.25, 0.3) is 0 Å². The Hall–Kier alpha value is -0.140. The van der Waals surface area contributed by atoms with E-state index in [0.717, 1.165) is 10.8 Å². The Bertz CT molecular complexity index is 499. The first-order valence-electron chi connectivity index (χ1n) is 4.24. The molecule has 0 spiro atoms. The van der Waals surface area contributed by atoms with E-state index in [0.29, 0.717) is 10.6 Å². The molecule has 2 aromatic rings. The van der Waals surface area contributed by atoms with Crippen LogP contribution in [0.25, 0.3) is 10.8 Å². The lowest BCUT2D eigenvalue weighted by molar-refractivity contribution is 1.25. The molecule has 0 atom stereocenters. The molecule has 15 heavy (non-hydrogen) atoms. The summed E-state index contributed by atoms with van der Waals surface area (Å²) < 4.78 is -1.49. The van der Waals surface area contributed by atoms with E-state index in [4.69, 9.17) is 46.4 Å². The zero-order valence-corrected chi connectivity index (χ0v) is 10.5. The van der Waals surface area contributed by atoms with Crippen LogP contribution in [0.15, 0.2) is 36.4 Å². The fourth-order valence-corrected chi connectivity index (χ4v) is 2.45. The summed E-state index contributed by atoms with van der Waals surface area (Å²) in [5.41, 5.74) is 0.507. The minimum atomic E-state index is -1.49. The summed E-state index contributed by atoms with van der Waals surface area (Å²) in [5, 5.41) is 2.41. The Kier molecular flexibility index (Phi) is 3.05. The Morgan fingerprint density at radius 3 is 2.20 bits per heavy atom. The van der Waals surface area contributed by atoms with Gasteiger partial charge in [-0.1, -0.05) is 82.8 Å². The van der Waals surface area contributed by atoms with Crippen molar-refractivity contribution in [1.82, 2.24) is 0 Å². The van der Waals surface area contributed by atoms with Crippen LogP contribution in [-0.2, 0) is 3.79 Å². The van der Waals surface area contributed by atoms with Crippen LogP contribution in [0.4, 0.5) is 0 Å². The van der Waals surface area contributed by atoms with E-state index in [9.17, 15) is 0 Å². The molecule has 0 aliphatic heterocycles. The van der Waals surface area contributed by atoms with Gasteiger partial charge in [0, 0.05) is 10.9 Å². The van der Waals surface area contributed by atoms with E-state index in [1.165, 1.54) is 0 Å². The maximum absolute atomic E-state index is 6.17. The molecule has 0 fully saturated rings. The first-order valence-corrected chi connectivity index (χ1v) is 5.76. The summed E-state index contributed by atoms with van der Waals surface area (Å²) in [6, 6.07) is 11.3. The van der Waals surface area contributed by atoms with E-state index in [2.05, 4.69) is 0 Å². The van der Waals surface area contributed by atoms with Crippen molar-refractivity contribution >= 4 is 57.2 Å². The van der Waals surface area contributed by atoms with Gasteiger partial charge in [-0.15, -0.1) is 0 Å². The van der Waals surface area contributed by atoms with Crippen LogP contribution in [0, 0.1) is 0 Å². The summed E-state index contributed by atoms with van der Waals surface area (Å²) in [7, 11) is 0. The lowest BCUT2D eigenvalue weighted by Crippen LogP contribution is -2.01. The third-order valence-electron chi connectivity index (χ3n) is 2.17. The summed E-state index contributed by atoms with van der Waals surface area (Å²) in [6.07, 6.45) is 0. The first-order chi connectivity index (χ1) is 7.00. The van der Waals surface area contributed by atoms with E-state index in [1.54, 1.807) is 6.07 Å². The number of hydrogen-bond acceptors (Lipinski definition) is 0. The number of benzene rings is 2. The molecule has 4 heteroatoms. The zero-order chi connectivity index (χ0) is 11.1. The maximum atomic E-state index is 6.17. The van der Waals surface area contributed by atoms with E-state index < -0.39 is 3.79 Å². The summed E-state index contributed by atoms with van der Waals surface area (Å²) in [5.74, 6) is 0. The van der Waals surface area contributed by atoms with Crippen LogP contribution in [0.3, 0.4) is 0 Å². The van der Waals surface area contributed by atoms with Crippen molar-refractivity contribution in [2.45, 2.75) is 3.79 Å². The SMILES string of the molecule is Clc1c(C(Cl)(Cl)Cl)ccc2ccccc12. The summed E-state index contributed by atoms with van der Waals surface area (Å²) in [4.78, 5) is 0. The number of alkyl halides is 3. The van der Waals surface area contributed by atoms with Gasteiger partial charge < -0.3 is 0 Å². The highest BCUT2D eigenvalue weighted by Crippen LogP contribution is 2.43. The molecular weight excluding hydrogens is 274 g/mol. The van der Waals surface area contributed by atoms with Crippen molar-refractivity contribution in [2.24, 2.45) is 0 Å². The molecule has 0 amide bonds. The molecule has 0 radical (unpaired) electrons. The second-order valence-electron chi connectivity index (χ2n) is 3.15.